The molecule has 2 N–H and O–H groups in total. The van der Waals surface area contributed by atoms with E-state index < -0.39 is 29.5 Å². The number of ether oxygens (including phenoxy) is 1. The van der Waals surface area contributed by atoms with E-state index in [-0.39, 0.29) is 17.7 Å². The number of carboxylic acids is 1. The van der Waals surface area contributed by atoms with Crippen LogP contribution in [0, 0.1) is 0 Å². The van der Waals surface area contributed by atoms with Gasteiger partial charge in [0, 0.05) is 34.2 Å². The summed E-state index contributed by atoms with van der Waals surface area (Å²) in [6.07, 6.45) is -2.36. The molecule has 1 heterocycles. The summed E-state index contributed by atoms with van der Waals surface area (Å²) in [6, 6.07) is 19.9. The van der Waals surface area contributed by atoms with Crippen LogP contribution in [-0.2, 0) is 30.4 Å². The Balaban J connectivity index is 1.35. The minimum Gasteiger partial charge on any atom is -0.487 e. The highest BCUT2D eigenvalue weighted by molar-refractivity contribution is 7.15. The molecule has 0 aliphatic heterocycles. The quantitative estimate of drug-likeness (QED) is 0.132. The largest absolute Gasteiger partial charge is 0.487 e. The number of aromatic nitrogens is 1. The van der Waals surface area contributed by atoms with E-state index in [2.05, 4.69) is 12.2 Å². The zero-order valence-corrected chi connectivity index (χ0v) is 23.8. The van der Waals surface area contributed by atoms with Crippen molar-refractivity contribution in [3.8, 4) is 16.3 Å². The number of alkyl halides is 3. The molecule has 1 atom stereocenters. The number of thiazole rings is 1. The fourth-order valence-corrected chi connectivity index (χ4v) is 5.22. The van der Waals surface area contributed by atoms with Crippen LogP contribution in [0.1, 0.15) is 45.9 Å². The van der Waals surface area contributed by atoms with Gasteiger partial charge in [-0.1, -0.05) is 61.5 Å². The number of aliphatic carboxylic acids is 1. The fourth-order valence-electron chi connectivity index (χ4n) is 4.21. The van der Waals surface area contributed by atoms with Gasteiger partial charge in [0.15, 0.2) is 5.78 Å². The normalized spacial score (nSPS) is 12.5. The molecular formula is C32H29F3N2O4S. The summed E-state index contributed by atoms with van der Waals surface area (Å²) in [5.41, 5.74) is 2.16. The minimum absolute atomic E-state index is 0.0617. The van der Waals surface area contributed by atoms with Crippen molar-refractivity contribution in [3.05, 3.63) is 118 Å². The summed E-state index contributed by atoms with van der Waals surface area (Å²) >= 11 is 1.65. The molecule has 4 aromatic rings. The molecule has 0 bridgehead atoms. The number of aryl methyl sites for hydroxylation is 1. The maximum Gasteiger partial charge on any atom is 0.416 e. The third-order valence-electron chi connectivity index (χ3n) is 6.40. The van der Waals surface area contributed by atoms with Crippen LogP contribution in [-0.4, -0.2) is 27.9 Å². The highest BCUT2D eigenvalue weighted by atomic mass is 32.1. The van der Waals surface area contributed by atoms with Crippen molar-refractivity contribution in [2.45, 2.75) is 45.5 Å². The molecule has 0 spiro atoms. The van der Waals surface area contributed by atoms with Gasteiger partial charge in [-0.15, -0.1) is 11.3 Å². The number of hydrogen-bond acceptors (Lipinski definition) is 6. The van der Waals surface area contributed by atoms with Gasteiger partial charge in [0.25, 0.3) is 0 Å². The number of halogens is 3. The Labute approximate surface area is 245 Å². The lowest BCUT2D eigenvalue weighted by Gasteiger charge is -2.16. The molecule has 0 aliphatic rings. The first-order valence-corrected chi connectivity index (χ1v) is 14.0. The summed E-state index contributed by atoms with van der Waals surface area (Å²) in [7, 11) is 0. The molecule has 0 aliphatic carbocycles. The maximum atomic E-state index is 12.8. The first-order chi connectivity index (χ1) is 20.0. The Morgan fingerprint density at radius 1 is 1.02 bits per heavy atom. The Bertz CT molecular complexity index is 1550. The smallest absolute Gasteiger partial charge is 0.416 e. The standard InChI is InChI=1S/C32H29F3N2O4S/c1-3-29-27(37-30(42-29)23-7-5-4-6-8-23)19-41-25-15-9-21(10-16-25)18-26(31(39)40)36-20(2)17-28(38)22-11-13-24(14-12-22)32(33,34)35/h4-17,26,36H,3,18-19H2,1-2H3,(H,39,40)/b20-17-/t26-/m0/s1. The van der Waals surface area contributed by atoms with Crippen molar-refractivity contribution >= 4 is 23.1 Å². The zero-order valence-electron chi connectivity index (χ0n) is 22.9. The summed E-state index contributed by atoms with van der Waals surface area (Å²) in [6.45, 7) is 3.91. The molecule has 0 radical (unpaired) electrons. The molecule has 4 rings (SSSR count). The molecule has 10 heteroatoms. The van der Waals surface area contributed by atoms with Crippen LogP contribution in [0.2, 0.25) is 0 Å². The van der Waals surface area contributed by atoms with Gasteiger partial charge in [-0.25, -0.2) is 9.78 Å². The summed E-state index contributed by atoms with van der Waals surface area (Å²) in [4.78, 5) is 30.3. The molecule has 0 amide bonds. The molecule has 42 heavy (non-hydrogen) atoms. The van der Waals surface area contributed by atoms with Crippen LogP contribution in [0.3, 0.4) is 0 Å². The first kappa shape index (κ1) is 30.5. The van der Waals surface area contributed by atoms with Gasteiger partial charge in [0.2, 0.25) is 0 Å². The number of benzene rings is 3. The van der Waals surface area contributed by atoms with Crippen LogP contribution in [0.25, 0.3) is 10.6 Å². The van der Waals surface area contributed by atoms with Crippen molar-refractivity contribution in [1.82, 2.24) is 10.3 Å². The number of nitrogens with one attached hydrogen (secondary N) is 1. The number of rotatable bonds is 12. The van der Waals surface area contributed by atoms with E-state index in [9.17, 15) is 27.9 Å². The second-order valence-corrected chi connectivity index (χ2v) is 10.6. The Kier molecular flexibility index (Phi) is 9.80. The SMILES string of the molecule is CCc1sc(-c2ccccc2)nc1COc1ccc(C[C@H](N/C(C)=C\C(=O)c2ccc(C(F)(F)F)cc2)C(=O)O)cc1. The van der Waals surface area contributed by atoms with Gasteiger partial charge >= 0.3 is 12.1 Å². The van der Waals surface area contributed by atoms with E-state index in [1.165, 1.54) is 13.0 Å². The molecule has 0 saturated carbocycles. The van der Waals surface area contributed by atoms with Crippen molar-refractivity contribution in [2.24, 2.45) is 0 Å². The van der Waals surface area contributed by atoms with Crippen molar-refractivity contribution < 1.29 is 32.6 Å². The molecule has 0 fully saturated rings. The second kappa shape index (κ2) is 13.5. The van der Waals surface area contributed by atoms with E-state index >= 15 is 0 Å². The second-order valence-electron chi connectivity index (χ2n) is 9.55. The van der Waals surface area contributed by atoms with Gasteiger partial charge < -0.3 is 15.2 Å². The average molecular weight is 595 g/mol. The Morgan fingerprint density at radius 3 is 2.29 bits per heavy atom. The highest BCUT2D eigenvalue weighted by Gasteiger charge is 2.30. The summed E-state index contributed by atoms with van der Waals surface area (Å²) < 4.78 is 44.3. The minimum atomic E-state index is -4.50. The topological polar surface area (TPSA) is 88.5 Å². The molecule has 3 aromatic carbocycles. The average Bonchev–Trinajstić information content (AvgIpc) is 3.40. The van der Waals surface area contributed by atoms with Crippen LogP contribution in [0.4, 0.5) is 13.2 Å². The Hall–Kier alpha value is -4.44. The third kappa shape index (κ3) is 8.07. The van der Waals surface area contributed by atoms with Gasteiger partial charge in [0.05, 0.1) is 11.3 Å². The maximum absolute atomic E-state index is 12.8. The van der Waals surface area contributed by atoms with Gasteiger partial charge in [0.1, 0.15) is 23.4 Å². The molecular weight excluding hydrogens is 565 g/mol. The van der Waals surface area contributed by atoms with E-state index in [0.29, 0.717) is 12.4 Å². The summed E-state index contributed by atoms with van der Waals surface area (Å²) in [5, 5.41) is 13.5. The van der Waals surface area contributed by atoms with Crippen LogP contribution in [0.15, 0.2) is 90.6 Å². The first-order valence-electron chi connectivity index (χ1n) is 13.2. The lowest BCUT2D eigenvalue weighted by Crippen LogP contribution is -2.37. The van der Waals surface area contributed by atoms with Gasteiger partial charge in [-0.2, -0.15) is 13.2 Å². The van der Waals surface area contributed by atoms with Crippen LogP contribution in [0.5, 0.6) is 5.75 Å². The lowest BCUT2D eigenvalue weighted by atomic mass is 10.0. The zero-order chi connectivity index (χ0) is 30.3. The number of nitrogens with zero attached hydrogens (tertiary/aromatic N) is 1. The number of carbonyl (C=O) groups is 2. The van der Waals surface area contributed by atoms with E-state index in [1.54, 1.807) is 35.6 Å². The predicted octanol–water partition coefficient (Wildman–Crippen LogP) is 7.34. The number of ketones is 1. The van der Waals surface area contributed by atoms with Crippen molar-refractivity contribution in [1.29, 1.82) is 0 Å². The number of carbonyl (C=O) groups excluding carboxylic acids is 1. The van der Waals surface area contributed by atoms with Crippen LogP contribution < -0.4 is 10.1 Å². The highest BCUT2D eigenvalue weighted by Crippen LogP contribution is 2.30. The van der Waals surface area contributed by atoms with E-state index in [0.717, 1.165) is 57.4 Å². The molecule has 6 nitrogen and oxygen atoms in total. The van der Waals surface area contributed by atoms with Crippen LogP contribution >= 0.6 is 11.3 Å². The molecule has 1 aromatic heterocycles. The van der Waals surface area contributed by atoms with E-state index in [4.69, 9.17) is 9.72 Å². The summed E-state index contributed by atoms with van der Waals surface area (Å²) in [5.74, 6) is -1.04. The van der Waals surface area contributed by atoms with E-state index in [1.807, 2.05) is 30.3 Å². The predicted molar refractivity (Wildman–Crippen MR) is 155 cm³/mol. The lowest BCUT2D eigenvalue weighted by molar-refractivity contribution is -0.139. The fraction of sp³-hybridized carbons (Fsp3) is 0.219. The number of carboxylic acid groups (broad SMARTS) is 1. The van der Waals surface area contributed by atoms with Crippen molar-refractivity contribution in [3.63, 3.8) is 0 Å². The van der Waals surface area contributed by atoms with Gasteiger partial charge in [-0.05, 0) is 43.2 Å². The number of hydrogen-bond donors (Lipinski definition) is 2. The van der Waals surface area contributed by atoms with Gasteiger partial charge in [-0.3, -0.25) is 4.79 Å². The monoisotopic (exact) mass is 594 g/mol. The third-order valence-corrected chi connectivity index (χ3v) is 7.69. The Morgan fingerprint density at radius 2 is 1.69 bits per heavy atom. The molecule has 0 unspecified atom stereocenters. The molecule has 0 saturated heterocycles. The number of allylic oxidation sites excluding steroid dienone is 2. The van der Waals surface area contributed by atoms with Crippen molar-refractivity contribution in [2.75, 3.05) is 0 Å². The molecule has 218 valence electrons.